The van der Waals surface area contributed by atoms with E-state index in [9.17, 15) is 4.79 Å². The summed E-state index contributed by atoms with van der Waals surface area (Å²) in [6.07, 6.45) is 2.46. The average molecular weight is 247 g/mol. The van der Waals surface area contributed by atoms with E-state index in [-0.39, 0.29) is 24.5 Å². The van der Waals surface area contributed by atoms with E-state index in [1.807, 2.05) is 25.1 Å². The van der Waals surface area contributed by atoms with Gasteiger partial charge >= 0.3 is 0 Å². The lowest BCUT2D eigenvalue weighted by atomic mass is 10.1. The van der Waals surface area contributed by atoms with E-state index < -0.39 is 0 Å². The molecule has 1 saturated carbocycles. The third-order valence-corrected chi connectivity index (χ3v) is 3.67. The molecule has 3 atom stereocenters. The highest BCUT2D eigenvalue weighted by Gasteiger charge is 2.44. The van der Waals surface area contributed by atoms with Gasteiger partial charge in [0.25, 0.3) is 0 Å². The molecule has 3 unspecified atom stereocenters. The van der Waals surface area contributed by atoms with Crippen LogP contribution in [0.2, 0.25) is 0 Å². The van der Waals surface area contributed by atoms with Crippen molar-refractivity contribution in [3.05, 3.63) is 35.9 Å². The Morgan fingerprint density at radius 1 is 1.44 bits per heavy atom. The van der Waals surface area contributed by atoms with Crippen molar-refractivity contribution in [3.63, 3.8) is 0 Å². The maximum absolute atomic E-state index is 12.0. The van der Waals surface area contributed by atoms with Gasteiger partial charge in [0.05, 0.1) is 0 Å². The molecule has 1 aliphatic rings. The summed E-state index contributed by atoms with van der Waals surface area (Å²) in [5.41, 5.74) is 1.26. The Hall–Kier alpha value is -1.35. The molecule has 0 aromatic heterocycles. The van der Waals surface area contributed by atoms with Crippen LogP contribution >= 0.6 is 0 Å². The molecule has 2 N–H and O–H groups in total. The van der Waals surface area contributed by atoms with E-state index in [0.717, 1.165) is 12.8 Å². The number of nitrogens with one attached hydrogen (secondary N) is 1. The molecule has 0 heterocycles. The third-order valence-electron chi connectivity index (χ3n) is 3.67. The Kier molecular flexibility index (Phi) is 4.37. The van der Waals surface area contributed by atoms with Crippen molar-refractivity contribution in [2.75, 3.05) is 6.61 Å². The van der Waals surface area contributed by atoms with Crippen LogP contribution in [0.1, 0.15) is 37.7 Å². The first-order valence-corrected chi connectivity index (χ1v) is 6.72. The Morgan fingerprint density at radius 2 is 2.17 bits per heavy atom. The predicted octanol–water partition coefficient (Wildman–Crippen LogP) is 2.07. The summed E-state index contributed by atoms with van der Waals surface area (Å²) >= 11 is 0. The fraction of sp³-hybridized carbons (Fsp3) is 0.533. The van der Waals surface area contributed by atoms with Gasteiger partial charge in [-0.1, -0.05) is 37.3 Å². The number of aliphatic hydroxyl groups excluding tert-OH is 1. The minimum Gasteiger partial charge on any atom is -0.396 e. The van der Waals surface area contributed by atoms with Crippen molar-refractivity contribution >= 4 is 5.91 Å². The minimum absolute atomic E-state index is 0.111. The number of rotatable bonds is 6. The molecule has 18 heavy (non-hydrogen) atoms. The molecule has 1 aromatic carbocycles. The van der Waals surface area contributed by atoms with E-state index in [0.29, 0.717) is 12.3 Å². The normalized spacial score (nSPS) is 23.4. The highest BCUT2D eigenvalue weighted by atomic mass is 16.3. The maximum atomic E-state index is 12.0. The first-order valence-electron chi connectivity index (χ1n) is 6.72. The fourth-order valence-electron chi connectivity index (χ4n) is 2.40. The summed E-state index contributed by atoms with van der Waals surface area (Å²) in [6.45, 7) is 2.16. The Bertz CT molecular complexity index is 391. The van der Waals surface area contributed by atoms with Crippen LogP contribution in [0.15, 0.2) is 30.3 Å². The second kappa shape index (κ2) is 6.01. The molecule has 3 nitrogen and oxygen atoms in total. The van der Waals surface area contributed by atoms with Crippen LogP contribution in [0.5, 0.6) is 0 Å². The molecule has 0 bridgehead atoms. The zero-order valence-electron chi connectivity index (χ0n) is 10.8. The smallest absolute Gasteiger partial charge is 0.223 e. The van der Waals surface area contributed by atoms with Gasteiger partial charge in [-0.15, -0.1) is 0 Å². The average Bonchev–Trinajstić information content (AvgIpc) is 3.19. The molecule has 0 aliphatic heterocycles. The highest BCUT2D eigenvalue weighted by Crippen LogP contribution is 2.47. The van der Waals surface area contributed by atoms with E-state index in [1.54, 1.807) is 0 Å². The zero-order chi connectivity index (χ0) is 13.0. The van der Waals surface area contributed by atoms with Gasteiger partial charge in [-0.05, 0) is 30.7 Å². The second-order valence-electron chi connectivity index (χ2n) is 4.99. The molecule has 0 saturated heterocycles. The van der Waals surface area contributed by atoms with Crippen molar-refractivity contribution in [3.8, 4) is 0 Å². The van der Waals surface area contributed by atoms with Gasteiger partial charge in [-0.25, -0.2) is 0 Å². The Balaban J connectivity index is 1.86. The molecule has 1 aliphatic carbocycles. The van der Waals surface area contributed by atoms with E-state index >= 15 is 0 Å². The minimum atomic E-state index is 0.111. The second-order valence-corrected chi connectivity index (χ2v) is 4.99. The van der Waals surface area contributed by atoms with Gasteiger partial charge in [0.2, 0.25) is 5.91 Å². The number of aliphatic hydroxyl groups is 1. The van der Waals surface area contributed by atoms with Crippen LogP contribution in [-0.4, -0.2) is 23.7 Å². The molecule has 1 amide bonds. The van der Waals surface area contributed by atoms with Gasteiger partial charge in [-0.2, -0.15) is 0 Å². The quantitative estimate of drug-likeness (QED) is 0.808. The molecular formula is C15H21NO2. The Labute approximate surface area is 108 Å². The van der Waals surface area contributed by atoms with Gasteiger partial charge in [0.15, 0.2) is 0 Å². The zero-order valence-corrected chi connectivity index (χ0v) is 10.8. The molecular weight excluding hydrogens is 226 g/mol. The first-order chi connectivity index (χ1) is 8.76. The van der Waals surface area contributed by atoms with Gasteiger partial charge in [0, 0.05) is 18.6 Å². The molecule has 0 radical (unpaired) electrons. The van der Waals surface area contributed by atoms with E-state index in [1.165, 1.54) is 5.56 Å². The fourth-order valence-corrected chi connectivity index (χ4v) is 2.40. The summed E-state index contributed by atoms with van der Waals surface area (Å²) in [5.74, 6) is 0.655. The SMILES string of the molecule is CCC(CCO)NC(=O)C1CC1c1ccccc1. The van der Waals surface area contributed by atoms with Crippen molar-refractivity contribution in [2.45, 2.75) is 38.1 Å². The maximum Gasteiger partial charge on any atom is 0.223 e. The number of amides is 1. The molecule has 1 aromatic rings. The number of hydrogen-bond donors (Lipinski definition) is 2. The van der Waals surface area contributed by atoms with Gasteiger partial charge < -0.3 is 10.4 Å². The van der Waals surface area contributed by atoms with Crippen LogP contribution in [0, 0.1) is 5.92 Å². The van der Waals surface area contributed by atoms with Crippen molar-refractivity contribution < 1.29 is 9.90 Å². The van der Waals surface area contributed by atoms with Crippen molar-refractivity contribution in [1.29, 1.82) is 0 Å². The van der Waals surface area contributed by atoms with Crippen molar-refractivity contribution in [1.82, 2.24) is 5.32 Å². The Morgan fingerprint density at radius 3 is 2.78 bits per heavy atom. The summed E-state index contributed by atoms with van der Waals surface area (Å²) in [5, 5.41) is 11.9. The lowest BCUT2D eigenvalue weighted by Crippen LogP contribution is -2.36. The van der Waals surface area contributed by atoms with Crippen LogP contribution in [0.4, 0.5) is 0 Å². The molecule has 98 valence electrons. The summed E-state index contributed by atoms with van der Waals surface area (Å²) in [6, 6.07) is 10.3. The first kappa shape index (κ1) is 13.1. The monoisotopic (exact) mass is 247 g/mol. The molecule has 3 heteroatoms. The van der Waals surface area contributed by atoms with Crippen LogP contribution in [0.3, 0.4) is 0 Å². The van der Waals surface area contributed by atoms with Crippen molar-refractivity contribution in [2.24, 2.45) is 5.92 Å². The summed E-state index contributed by atoms with van der Waals surface area (Å²) in [4.78, 5) is 12.0. The topological polar surface area (TPSA) is 49.3 Å². The van der Waals surface area contributed by atoms with Crippen LogP contribution in [0.25, 0.3) is 0 Å². The van der Waals surface area contributed by atoms with E-state index in [2.05, 4.69) is 17.4 Å². The van der Waals surface area contributed by atoms with Gasteiger partial charge in [-0.3, -0.25) is 4.79 Å². The standard InChI is InChI=1S/C15H21NO2/c1-2-12(8-9-17)16-15(18)14-10-13(14)11-6-4-3-5-7-11/h3-7,12-14,17H,2,8-10H2,1H3,(H,16,18). The van der Waals surface area contributed by atoms with Crippen LogP contribution in [-0.2, 0) is 4.79 Å². The number of carbonyl (C=O) groups excluding carboxylic acids is 1. The lowest BCUT2D eigenvalue weighted by Gasteiger charge is -2.15. The molecule has 0 spiro atoms. The number of hydrogen-bond acceptors (Lipinski definition) is 2. The summed E-state index contributed by atoms with van der Waals surface area (Å²) < 4.78 is 0. The van der Waals surface area contributed by atoms with Crippen LogP contribution < -0.4 is 5.32 Å². The molecule has 1 fully saturated rings. The van der Waals surface area contributed by atoms with Gasteiger partial charge in [0.1, 0.15) is 0 Å². The summed E-state index contributed by atoms with van der Waals surface area (Å²) in [7, 11) is 0. The number of carbonyl (C=O) groups is 1. The largest absolute Gasteiger partial charge is 0.396 e. The molecule has 2 rings (SSSR count). The lowest BCUT2D eigenvalue weighted by molar-refractivity contribution is -0.123. The van der Waals surface area contributed by atoms with E-state index in [4.69, 9.17) is 5.11 Å². The predicted molar refractivity (Wildman–Crippen MR) is 71.2 cm³/mol. The number of benzene rings is 1. The third kappa shape index (κ3) is 3.10. The highest BCUT2D eigenvalue weighted by molar-refractivity contribution is 5.83.